The first-order valence-corrected chi connectivity index (χ1v) is 9.65. The van der Waals surface area contributed by atoms with Crippen LogP contribution in [0.3, 0.4) is 0 Å². The maximum Gasteiger partial charge on any atom is 0.209 e. The second kappa shape index (κ2) is 5.96. The molecule has 0 bridgehead atoms. The zero-order valence-corrected chi connectivity index (χ0v) is 16.0. The van der Waals surface area contributed by atoms with Crippen molar-refractivity contribution in [3.63, 3.8) is 0 Å². The Labute approximate surface area is 159 Å². The molecule has 0 radical (unpaired) electrons. The second-order valence-corrected chi connectivity index (χ2v) is 8.07. The molecule has 2 atom stereocenters. The molecule has 27 heavy (non-hydrogen) atoms. The van der Waals surface area contributed by atoms with Crippen molar-refractivity contribution in [2.24, 2.45) is 5.92 Å². The van der Waals surface area contributed by atoms with Gasteiger partial charge in [-0.15, -0.1) is 0 Å². The van der Waals surface area contributed by atoms with Gasteiger partial charge in [-0.3, -0.25) is 9.69 Å². The van der Waals surface area contributed by atoms with Crippen molar-refractivity contribution in [3.8, 4) is 0 Å². The largest absolute Gasteiger partial charge is 0.440 e. The maximum atomic E-state index is 13.5. The van der Waals surface area contributed by atoms with Crippen LogP contribution in [-0.2, 0) is 0 Å². The first-order valence-electron chi connectivity index (χ1n) is 9.65. The van der Waals surface area contributed by atoms with Crippen molar-refractivity contribution in [2.75, 3.05) is 25.0 Å². The van der Waals surface area contributed by atoms with E-state index in [1.807, 2.05) is 25.1 Å². The van der Waals surface area contributed by atoms with Crippen molar-refractivity contribution in [3.05, 3.63) is 69.4 Å². The smallest absolute Gasteiger partial charge is 0.209 e. The third kappa shape index (κ3) is 2.51. The van der Waals surface area contributed by atoms with Crippen LogP contribution in [0, 0.1) is 19.8 Å². The highest BCUT2D eigenvalue weighted by Gasteiger charge is 2.43. The van der Waals surface area contributed by atoms with Crippen molar-refractivity contribution < 1.29 is 4.42 Å². The lowest BCUT2D eigenvalue weighted by atomic mass is 9.88. The second-order valence-electron chi connectivity index (χ2n) is 8.07. The number of rotatable bonds is 1. The molecule has 1 fully saturated rings. The van der Waals surface area contributed by atoms with E-state index in [0.717, 1.165) is 42.2 Å². The number of hydrogen-bond acceptors (Lipinski definition) is 4. The molecular formula is C23H24N2O2. The van der Waals surface area contributed by atoms with Gasteiger partial charge in [0.05, 0.1) is 10.9 Å². The molecule has 4 nitrogen and oxygen atoms in total. The Morgan fingerprint density at radius 2 is 1.78 bits per heavy atom. The molecular weight excluding hydrogens is 336 g/mol. The van der Waals surface area contributed by atoms with E-state index in [2.05, 4.69) is 48.0 Å². The van der Waals surface area contributed by atoms with Gasteiger partial charge in [0.2, 0.25) is 5.88 Å². The van der Waals surface area contributed by atoms with Crippen molar-refractivity contribution in [2.45, 2.75) is 26.3 Å². The molecule has 0 unspecified atom stereocenters. The molecule has 5 rings (SSSR count). The molecule has 0 N–H and O–H groups in total. The van der Waals surface area contributed by atoms with Crippen molar-refractivity contribution in [1.29, 1.82) is 0 Å². The summed E-state index contributed by atoms with van der Waals surface area (Å²) in [4.78, 5) is 18.0. The van der Waals surface area contributed by atoms with E-state index in [0.29, 0.717) is 16.9 Å². The highest BCUT2D eigenvalue weighted by Crippen LogP contribution is 2.47. The Bertz CT molecular complexity index is 1080. The summed E-state index contributed by atoms with van der Waals surface area (Å²) in [5, 5.41) is 0.693. The molecule has 3 aromatic rings. The van der Waals surface area contributed by atoms with Gasteiger partial charge >= 0.3 is 0 Å². The number of aryl methyl sites for hydroxylation is 2. The topological polar surface area (TPSA) is 36.7 Å². The summed E-state index contributed by atoms with van der Waals surface area (Å²) < 4.78 is 6.37. The summed E-state index contributed by atoms with van der Waals surface area (Å²) in [6.07, 6.45) is 1.11. The lowest BCUT2D eigenvalue weighted by molar-refractivity contribution is 0.264. The Morgan fingerprint density at radius 3 is 2.56 bits per heavy atom. The molecule has 3 heterocycles. The Morgan fingerprint density at radius 1 is 1.04 bits per heavy atom. The van der Waals surface area contributed by atoms with Gasteiger partial charge in [-0.05, 0) is 64.0 Å². The molecule has 0 spiro atoms. The molecule has 2 aromatic carbocycles. The van der Waals surface area contributed by atoms with Gasteiger partial charge in [0, 0.05) is 18.3 Å². The van der Waals surface area contributed by atoms with Crippen molar-refractivity contribution in [1.82, 2.24) is 4.90 Å². The van der Waals surface area contributed by atoms with Gasteiger partial charge in [0.15, 0.2) is 5.43 Å². The lowest BCUT2D eigenvalue weighted by Crippen LogP contribution is -2.39. The van der Waals surface area contributed by atoms with E-state index in [1.165, 1.54) is 5.56 Å². The minimum absolute atomic E-state index is 0.121. The molecule has 1 saturated heterocycles. The fraction of sp³-hybridized carbons (Fsp3) is 0.348. The predicted octanol–water partition coefficient (Wildman–Crippen LogP) is 4.55. The summed E-state index contributed by atoms with van der Waals surface area (Å²) in [6, 6.07) is 14.5. The standard InChI is InChI=1S/C23H24N2O2/c1-14-4-7-17(8-5-14)25-13-16-10-11-24(3)21(16)20-22(26)18-12-15(2)6-9-19(18)27-23(20)25/h4-9,12,16,21H,10-11,13H2,1-3H3/t16-,21-/m0/s1. The normalized spacial score (nSPS) is 22.1. The SMILES string of the molecule is Cc1ccc(N2C[C@@H]3CCN(C)[C@@H]3c3c2oc2ccc(C)cc2c3=O)cc1. The fourth-order valence-electron chi connectivity index (χ4n) is 4.71. The Balaban J connectivity index is 1.79. The van der Waals surface area contributed by atoms with Crippen LogP contribution in [-0.4, -0.2) is 25.0 Å². The van der Waals surface area contributed by atoms with Crippen LogP contribution in [0.1, 0.15) is 29.2 Å². The van der Waals surface area contributed by atoms with E-state index < -0.39 is 0 Å². The maximum absolute atomic E-state index is 13.5. The third-order valence-corrected chi connectivity index (χ3v) is 6.14. The number of fused-ring (bicyclic) bond motifs is 4. The predicted molar refractivity (Wildman–Crippen MR) is 109 cm³/mol. The summed E-state index contributed by atoms with van der Waals surface area (Å²) >= 11 is 0. The number of nitrogens with zero attached hydrogens (tertiary/aromatic N) is 2. The fourth-order valence-corrected chi connectivity index (χ4v) is 4.71. The first-order chi connectivity index (χ1) is 13.0. The van der Waals surface area contributed by atoms with Gasteiger partial charge in [-0.1, -0.05) is 29.3 Å². The molecule has 4 heteroatoms. The van der Waals surface area contributed by atoms with E-state index in [-0.39, 0.29) is 11.5 Å². The van der Waals surface area contributed by atoms with Crippen molar-refractivity contribution >= 4 is 22.5 Å². The monoisotopic (exact) mass is 360 g/mol. The molecule has 2 aliphatic heterocycles. The molecule has 2 aliphatic rings. The number of benzene rings is 2. The van der Waals surface area contributed by atoms with Crippen LogP contribution in [0.4, 0.5) is 11.6 Å². The minimum Gasteiger partial charge on any atom is -0.440 e. The van der Waals surface area contributed by atoms with Crippen LogP contribution in [0.15, 0.2) is 51.7 Å². The minimum atomic E-state index is 0.121. The first kappa shape index (κ1) is 16.6. The van der Waals surface area contributed by atoms with Gasteiger partial charge < -0.3 is 9.32 Å². The molecule has 1 aromatic heterocycles. The summed E-state index contributed by atoms with van der Waals surface area (Å²) in [5.74, 6) is 1.16. The molecule has 0 amide bonds. The summed E-state index contributed by atoms with van der Waals surface area (Å²) in [6.45, 7) is 6.00. The summed E-state index contributed by atoms with van der Waals surface area (Å²) in [5.41, 5.74) is 5.01. The van der Waals surface area contributed by atoms with E-state index in [4.69, 9.17) is 4.42 Å². The number of anilines is 2. The van der Waals surface area contributed by atoms with Crippen LogP contribution >= 0.6 is 0 Å². The van der Waals surface area contributed by atoms with E-state index in [9.17, 15) is 4.79 Å². The highest BCUT2D eigenvalue weighted by atomic mass is 16.4. The average Bonchev–Trinajstić information content (AvgIpc) is 3.03. The zero-order chi connectivity index (χ0) is 18.7. The van der Waals surface area contributed by atoms with Crippen LogP contribution < -0.4 is 10.3 Å². The highest BCUT2D eigenvalue weighted by molar-refractivity contribution is 5.81. The van der Waals surface area contributed by atoms with Crippen LogP contribution in [0.2, 0.25) is 0 Å². The van der Waals surface area contributed by atoms with Gasteiger partial charge in [-0.2, -0.15) is 0 Å². The quantitative estimate of drug-likeness (QED) is 0.638. The lowest BCUT2D eigenvalue weighted by Gasteiger charge is -2.38. The number of likely N-dealkylation sites (tertiary alicyclic amines) is 1. The summed E-state index contributed by atoms with van der Waals surface area (Å²) in [7, 11) is 2.12. The Hall–Kier alpha value is -2.59. The average molecular weight is 360 g/mol. The molecule has 0 aliphatic carbocycles. The van der Waals surface area contributed by atoms with E-state index in [1.54, 1.807) is 0 Å². The third-order valence-electron chi connectivity index (χ3n) is 6.14. The zero-order valence-electron chi connectivity index (χ0n) is 16.0. The van der Waals surface area contributed by atoms with Gasteiger partial charge in [0.25, 0.3) is 0 Å². The molecule has 0 saturated carbocycles. The Kier molecular flexibility index (Phi) is 3.66. The van der Waals surface area contributed by atoms with Crippen LogP contribution in [0.5, 0.6) is 0 Å². The van der Waals surface area contributed by atoms with E-state index >= 15 is 0 Å². The van der Waals surface area contributed by atoms with Gasteiger partial charge in [0.1, 0.15) is 5.58 Å². The molecule has 138 valence electrons. The van der Waals surface area contributed by atoms with Gasteiger partial charge in [-0.25, -0.2) is 0 Å². The van der Waals surface area contributed by atoms with Crippen LogP contribution in [0.25, 0.3) is 11.0 Å². The number of hydrogen-bond donors (Lipinski definition) is 0.